The van der Waals surface area contributed by atoms with Crippen LogP contribution in [0.2, 0.25) is 0 Å². The lowest BCUT2D eigenvalue weighted by Crippen LogP contribution is -2.45. The number of rotatable bonds is 4. The number of nitrogens with one attached hydrogen (secondary N) is 1. The van der Waals surface area contributed by atoms with Gasteiger partial charge < -0.3 is 15.0 Å². The highest BCUT2D eigenvalue weighted by Crippen LogP contribution is 2.35. The summed E-state index contributed by atoms with van der Waals surface area (Å²) in [4.78, 5) is 19.0. The van der Waals surface area contributed by atoms with Gasteiger partial charge in [-0.15, -0.1) is 0 Å². The van der Waals surface area contributed by atoms with Gasteiger partial charge in [0, 0.05) is 31.7 Å². The number of anilines is 1. The van der Waals surface area contributed by atoms with Crippen LogP contribution in [0.5, 0.6) is 0 Å². The lowest BCUT2D eigenvalue weighted by Gasteiger charge is -2.36. The van der Waals surface area contributed by atoms with Gasteiger partial charge in [-0.05, 0) is 30.5 Å². The van der Waals surface area contributed by atoms with E-state index >= 15 is 0 Å². The molecule has 2 aliphatic heterocycles. The van der Waals surface area contributed by atoms with Crippen LogP contribution in [0, 0.1) is 11.8 Å². The first kappa shape index (κ1) is 16.0. The number of aromatic nitrogens is 3. The standard InChI is InChI=1S/C18H21N5O2/c24-18(13-4-7-21-22-9-13)20-10-16-15-11-23(8-5-14(15)12-25-16)17-3-1-2-6-19-17/h1-4,6-7,9,14-16H,5,8,10-12H2,(H,20,24)/t14-,15-,16+/m0/s1. The van der Waals surface area contributed by atoms with Gasteiger partial charge in [0.2, 0.25) is 0 Å². The maximum atomic E-state index is 12.2. The van der Waals surface area contributed by atoms with Gasteiger partial charge in [0.25, 0.3) is 5.91 Å². The number of hydrogen-bond acceptors (Lipinski definition) is 6. The first-order valence-corrected chi connectivity index (χ1v) is 8.64. The fourth-order valence-corrected chi connectivity index (χ4v) is 3.71. The Balaban J connectivity index is 1.37. The van der Waals surface area contributed by atoms with Crippen molar-refractivity contribution >= 4 is 11.7 Å². The van der Waals surface area contributed by atoms with E-state index in [4.69, 9.17) is 4.74 Å². The SMILES string of the molecule is O=C(NC[C@H]1OC[C@@H]2CCN(c3ccccn3)C[C@@H]21)c1ccnnc1. The van der Waals surface area contributed by atoms with Crippen molar-refractivity contribution in [2.75, 3.05) is 31.1 Å². The molecule has 0 radical (unpaired) electrons. The monoisotopic (exact) mass is 339 g/mol. The van der Waals surface area contributed by atoms with E-state index in [0.29, 0.717) is 23.9 Å². The second-order valence-corrected chi connectivity index (χ2v) is 6.56. The summed E-state index contributed by atoms with van der Waals surface area (Å²) in [6.07, 6.45) is 5.95. The maximum absolute atomic E-state index is 12.2. The van der Waals surface area contributed by atoms with Gasteiger partial charge in [0.05, 0.1) is 30.7 Å². The number of pyridine rings is 1. The number of nitrogens with zero attached hydrogens (tertiary/aromatic N) is 4. The Labute approximate surface area is 146 Å². The van der Waals surface area contributed by atoms with Crippen LogP contribution < -0.4 is 10.2 Å². The Morgan fingerprint density at radius 1 is 1.28 bits per heavy atom. The summed E-state index contributed by atoms with van der Waals surface area (Å²) in [5.41, 5.74) is 0.517. The van der Waals surface area contributed by atoms with Gasteiger partial charge in [-0.2, -0.15) is 10.2 Å². The van der Waals surface area contributed by atoms with Crippen LogP contribution in [0.1, 0.15) is 16.8 Å². The molecular weight excluding hydrogens is 318 g/mol. The van der Waals surface area contributed by atoms with Crippen molar-refractivity contribution in [1.82, 2.24) is 20.5 Å². The summed E-state index contributed by atoms with van der Waals surface area (Å²) < 4.78 is 5.98. The minimum absolute atomic E-state index is 0.0373. The Bertz CT molecular complexity index is 712. The zero-order valence-electron chi connectivity index (χ0n) is 13.9. The van der Waals surface area contributed by atoms with Crippen LogP contribution in [-0.2, 0) is 4.74 Å². The van der Waals surface area contributed by atoms with Crippen molar-refractivity contribution in [2.45, 2.75) is 12.5 Å². The molecule has 2 aliphatic rings. The molecule has 1 N–H and O–H groups in total. The van der Waals surface area contributed by atoms with Crippen molar-refractivity contribution < 1.29 is 9.53 Å². The molecule has 2 saturated heterocycles. The van der Waals surface area contributed by atoms with Crippen LogP contribution >= 0.6 is 0 Å². The van der Waals surface area contributed by atoms with Crippen molar-refractivity contribution in [1.29, 1.82) is 0 Å². The van der Waals surface area contributed by atoms with E-state index in [9.17, 15) is 4.79 Å². The highest BCUT2D eigenvalue weighted by Gasteiger charge is 2.41. The number of piperidine rings is 1. The van der Waals surface area contributed by atoms with Crippen molar-refractivity contribution in [3.63, 3.8) is 0 Å². The average Bonchev–Trinajstić information content (AvgIpc) is 3.10. The largest absolute Gasteiger partial charge is 0.376 e. The molecule has 0 aromatic carbocycles. The van der Waals surface area contributed by atoms with Crippen LogP contribution in [0.15, 0.2) is 42.9 Å². The van der Waals surface area contributed by atoms with E-state index < -0.39 is 0 Å². The average molecular weight is 339 g/mol. The Hall–Kier alpha value is -2.54. The molecule has 0 aliphatic carbocycles. The number of carbonyl (C=O) groups is 1. The van der Waals surface area contributed by atoms with Crippen molar-refractivity contribution in [3.05, 3.63) is 48.4 Å². The van der Waals surface area contributed by atoms with Gasteiger partial charge in [-0.3, -0.25) is 4.79 Å². The fourth-order valence-electron chi connectivity index (χ4n) is 3.71. The van der Waals surface area contributed by atoms with E-state index in [-0.39, 0.29) is 12.0 Å². The van der Waals surface area contributed by atoms with Gasteiger partial charge in [0.1, 0.15) is 5.82 Å². The summed E-state index contributed by atoms with van der Waals surface area (Å²) >= 11 is 0. The summed E-state index contributed by atoms with van der Waals surface area (Å²) in [6, 6.07) is 7.65. The van der Waals surface area contributed by atoms with Crippen LogP contribution in [0.25, 0.3) is 0 Å². The van der Waals surface area contributed by atoms with Gasteiger partial charge >= 0.3 is 0 Å². The molecule has 7 nitrogen and oxygen atoms in total. The van der Waals surface area contributed by atoms with E-state index in [1.54, 1.807) is 6.07 Å². The quantitative estimate of drug-likeness (QED) is 0.900. The van der Waals surface area contributed by atoms with E-state index in [2.05, 4.69) is 25.4 Å². The van der Waals surface area contributed by atoms with Crippen molar-refractivity contribution in [3.8, 4) is 0 Å². The molecule has 0 bridgehead atoms. The summed E-state index contributed by atoms with van der Waals surface area (Å²) in [7, 11) is 0. The highest BCUT2D eigenvalue weighted by atomic mass is 16.5. The van der Waals surface area contributed by atoms with E-state index in [1.807, 2.05) is 24.4 Å². The van der Waals surface area contributed by atoms with Gasteiger partial charge in [-0.25, -0.2) is 4.98 Å². The predicted molar refractivity (Wildman–Crippen MR) is 92.2 cm³/mol. The molecule has 2 fully saturated rings. The third-order valence-electron chi connectivity index (χ3n) is 5.09. The summed E-state index contributed by atoms with van der Waals surface area (Å²) in [5, 5.41) is 10.4. The zero-order valence-corrected chi connectivity index (χ0v) is 13.9. The fraction of sp³-hybridized carbons (Fsp3) is 0.444. The molecule has 3 atom stereocenters. The van der Waals surface area contributed by atoms with Crippen LogP contribution in [0.4, 0.5) is 5.82 Å². The van der Waals surface area contributed by atoms with Crippen LogP contribution in [0.3, 0.4) is 0 Å². The minimum atomic E-state index is -0.139. The number of ether oxygens (including phenoxy) is 1. The van der Waals surface area contributed by atoms with Gasteiger partial charge in [-0.1, -0.05) is 6.07 Å². The normalized spacial score (nSPS) is 25.4. The number of carbonyl (C=O) groups excluding carboxylic acids is 1. The summed E-state index contributed by atoms with van der Waals surface area (Å²) in [5.74, 6) is 1.84. The van der Waals surface area contributed by atoms with Crippen LogP contribution in [-0.4, -0.2) is 53.4 Å². The van der Waals surface area contributed by atoms with Gasteiger partial charge in [0.15, 0.2) is 0 Å². The molecule has 25 heavy (non-hydrogen) atoms. The molecule has 0 saturated carbocycles. The second-order valence-electron chi connectivity index (χ2n) is 6.56. The molecule has 2 aromatic heterocycles. The van der Waals surface area contributed by atoms with Crippen molar-refractivity contribution in [2.24, 2.45) is 11.8 Å². The molecule has 0 unspecified atom stereocenters. The topological polar surface area (TPSA) is 80.2 Å². The lowest BCUT2D eigenvalue weighted by molar-refractivity contribution is 0.0782. The number of fused-ring (bicyclic) bond motifs is 1. The Morgan fingerprint density at radius 3 is 3.04 bits per heavy atom. The molecule has 0 spiro atoms. The molecule has 4 heterocycles. The molecule has 1 amide bonds. The number of hydrogen-bond donors (Lipinski definition) is 1. The second kappa shape index (κ2) is 7.14. The first-order valence-electron chi connectivity index (χ1n) is 8.64. The zero-order chi connectivity index (χ0) is 17.1. The molecule has 7 heteroatoms. The third kappa shape index (κ3) is 3.46. The highest BCUT2D eigenvalue weighted by molar-refractivity contribution is 5.93. The molecular formula is C18H21N5O2. The Kier molecular flexibility index (Phi) is 4.56. The summed E-state index contributed by atoms with van der Waals surface area (Å²) in [6.45, 7) is 3.21. The number of amides is 1. The first-order chi connectivity index (χ1) is 12.3. The Morgan fingerprint density at radius 2 is 2.24 bits per heavy atom. The molecule has 4 rings (SSSR count). The lowest BCUT2D eigenvalue weighted by atomic mass is 9.84. The third-order valence-corrected chi connectivity index (χ3v) is 5.09. The van der Waals surface area contributed by atoms with E-state index in [0.717, 1.165) is 31.9 Å². The smallest absolute Gasteiger partial charge is 0.253 e. The van der Waals surface area contributed by atoms with E-state index in [1.165, 1.54) is 12.4 Å². The minimum Gasteiger partial charge on any atom is -0.376 e. The predicted octanol–water partition coefficient (Wildman–Crippen LogP) is 1.14. The maximum Gasteiger partial charge on any atom is 0.253 e. The molecule has 2 aromatic rings. The molecule has 130 valence electrons.